The number of nitrogens with zero attached hydrogens (tertiary/aromatic N) is 1. The molecule has 0 aliphatic carbocycles. The number of amides is 1. The highest BCUT2D eigenvalue weighted by atomic mass is 16.2. The van der Waals surface area contributed by atoms with Crippen molar-refractivity contribution in [2.45, 2.75) is 70.6 Å². The van der Waals surface area contributed by atoms with Crippen molar-refractivity contribution in [2.75, 3.05) is 13.6 Å². The van der Waals surface area contributed by atoms with Crippen LogP contribution in [-0.2, 0) is 4.79 Å². The smallest absolute Gasteiger partial charge is 0.226 e. The Bertz CT molecular complexity index is 456. The predicted molar refractivity (Wildman–Crippen MR) is 97.5 cm³/mol. The highest BCUT2D eigenvalue weighted by Gasteiger charge is 2.38. The van der Waals surface area contributed by atoms with E-state index in [0.29, 0.717) is 11.8 Å². The zero-order valence-electron chi connectivity index (χ0n) is 15.0. The summed E-state index contributed by atoms with van der Waals surface area (Å²) in [4.78, 5) is 14.4. The Balaban J connectivity index is 1.74. The second-order valence-corrected chi connectivity index (χ2v) is 7.11. The summed E-state index contributed by atoms with van der Waals surface area (Å²) < 4.78 is 0. The molecule has 1 aromatic rings. The second-order valence-electron chi connectivity index (χ2n) is 7.11. The normalized spacial score (nSPS) is 21.1. The zero-order chi connectivity index (χ0) is 16.5. The molecule has 1 saturated heterocycles. The minimum Gasteiger partial charge on any atom is -0.345 e. The van der Waals surface area contributed by atoms with Gasteiger partial charge in [0, 0.05) is 25.4 Å². The largest absolute Gasteiger partial charge is 0.345 e. The van der Waals surface area contributed by atoms with Crippen LogP contribution in [0.5, 0.6) is 0 Å². The van der Waals surface area contributed by atoms with E-state index in [4.69, 9.17) is 0 Å². The molecule has 1 aliphatic rings. The molecule has 0 aromatic heterocycles. The average molecular weight is 316 g/mol. The van der Waals surface area contributed by atoms with E-state index >= 15 is 0 Å². The van der Waals surface area contributed by atoms with Gasteiger partial charge in [-0.1, -0.05) is 88.6 Å². The van der Waals surface area contributed by atoms with Crippen LogP contribution in [0.3, 0.4) is 0 Å². The molecule has 1 heterocycles. The number of benzene rings is 1. The lowest BCUT2D eigenvalue weighted by Gasteiger charge is -2.17. The molecule has 2 rings (SSSR count). The zero-order valence-corrected chi connectivity index (χ0v) is 15.0. The van der Waals surface area contributed by atoms with Gasteiger partial charge in [-0.3, -0.25) is 4.79 Å². The fourth-order valence-corrected chi connectivity index (χ4v) is 3.83. The Kier molecular flexibility index (Phi) is 7.64. The predicted octanol–water partition coefficient (Wildman–Crippen LogP) is 5.39. The number of carbonyl (C=O) groups excluding carboxylic acids is 1. The summed E-state index contributed by atoms with van der Waals surface area (Å²) in [6.07, 6.45) is 11.7. The summed E-state index contributed by atoms with van der Waals surface area (Å²) in [6, 6.07) is 10.6. The summed E-state index contributed by atoms with van der Waals surface area (Å²) in [5, 5.41) is 0. The van der Waals surface area contributed by atoms with E-state index in [-0.39, 0.29) is 5.92 Å². The molecule has 0 N–H and O–H groups in total. The van der Waals surface area contributed by atoms with E-state index in [9.17, 15) is 4.79 Å². The van der Waals surface area contributed by atoms with E-state index in [1.165, 1.54) is 56.9 Å². The van der Waals surface area contributed by atoms with Crippen LogP contribution in [0.2, 0.25) is 0 Å². The van der Waals surface area contributed by atoms with Gasteiger partial charge in [-0.25, -0.2) is 0 Å². The molecule has 128 valence electrons. The van der Waals surface area contributed by atoms with Gasteiger partial charge in [-0.2, -0.15) is 0 Å². The van der Waals surface area contributed by atoms with Gasteiger partial charge in [0.15, 0.2) is 0 Å². The molecule has 0 saturated carbocycles. The molecule has 1 fully saturated rings. The first-order valence-electron chi connectivity index (χ1n) is 9.54. The van der Waals surface area contributed by atoms with Gasteiger partial charge in [0.05, 0.1) is 0 Å². The Morgan fingerprint density at radius 3 is 2.22 bits per heavy atom. The molecular formula is C21H33NO. The van der Waals surface area contributed by atoms with Crippen LogP contribution in [0.4, 0.5) is 0 Å². The molecular weight excluding hydrogens is 282 g/mol. The van der Waals surface area contributed by atoms with Crippen LogP contribution in [0.15, 0.2) is 30.3 Å². The van der Waals surface area contributed by atoms with Crippen molar-refractivity contribution in [1.82, 2.24) is 4.90 Å². The van der Waals surface area contributed by atoms with Crippen molar-refractivity contribution >= 4 is 5.91 Å². The molecule has 23 heavy (non-hydrogen) atoms. The third-order valence-corrected chi connectivity index (χ3v) is 5.25. The molecule has 0 bridgehead atoms. The number of rotatable bonds is 10. The van der Waals surface area contributed by atoms with E-state index < -0.39 is 0 Å². The lowest BCUT2D eigenvalue weighted by Crippen LogP contribution is -2.22. The summed E-state index contributed by atoms with van der Waals surface area (Å²) >= 11 is 0. The van der Waals surface area contributed by atoms with Crippen LogP contribution in [0, 0.1) is 5.92 Å². The fraction of sp³-hybridized carbons (Fsp3) is 0.667. The van der Waals surface area contributed by atoms with Crippen molar-refractivity contribution in [3.63, 3.8) is 0 Å². The molecule has 0 radical (unpaired) electrons. The van der Waals surface area contributed by atoms with Crippen LogP contribution in [-0.4, -0.2) is 24.4 Å². The standard InChI is InChI=1S/C21H33NO/c1-3-4-5-6-7-8-9-13-16-19-20(17-22(2)21(19)23)18-14-11-10-12-15-18/h10-12,14-15,19-20H,3-9,13,16-17H2,1-2H3. The van der Waals surface area contributed by atoms with E-state index in [2.05, 4.69) is 37.3 Å². The summed E-state index contributed by atoms with van der Waals surface area (Å²) in [5.74, 6) is 0.933. The number of hydrogen-bond acceptors (Lipinski definition) is 1. The maximum Gasteiger partial charge on any atom is 0.226 e. The van der Waals surface area contributed by atoms with E-state index in [1.807, 2.05) is 11.9 Å². The van der Waals surface area contributed by atoms with E-state index in [0.717, 1.165) is 13.0 Å². The van der Waals surface area contributed by atoms with Gasteiger partial charge in [0.2, 0.25) is 5.91 Å². The molecule has 0 spiro atoms. The van der Waals surface area contributed by atoms with Crippen molar-refractivity contribution in [2.24, 2.45) is 5.92 Å². The number of hydrogen-bond donors (Lipinski definition) is 0. The minimum atomic E-state index is 0.197. The molecule has 2 heteroatoms. The Hall–Kier alpha value is -1.31. The summed E-state index contributed by atoms with van der Waals surface area (Å²) in [5.41, 5.74) is 1.33. The quantitative estimate of drug-likeness (QED) is 0.530. The minimum absolute atomic E-state index is 0.197. The monoisotopic (exact) mass is 315 g/mol. The van der Waals surface area contributed by atoms with Crippen LogP contribution >= 0.6 is 0 Å². The fourth-order valence-electron chi connectivity index (χ4n) is 3.83. The SMILES string of the molecule is CCCCCCCCCCC1C(=O)N(C)CC1c1ccccc1. The number of likely N-dealkylation sites (tertiary alicyclic amines) is 1. The molecule has 1 aromatic carbocycles. The van der Waals surface area contributed by atoms with Crippen molar-refractivity contribution in [3.05, 3.63) is 35.9 Å². The molecule has 2 atom stereocenters. The number of likely N-dealkylation sites (N-methyl/N-ethyl adjacent to an activating group) is 1. The van der Waals surface area contributed by atoms with Crippen molar-refractivity contribution < 1.29 is 4.79 Å². The number of unbranched alkanes of at least 4 members (excludes halogenated alkanes) is 7. The highest BCUT2D eigenvalue weighted by Crippen LogP contribution is 2.36. The van der Waals surface area contributed by atoms with Crippen LogP contribution in [0.1, 0.15) is 76.2 Å². The maximum absolute atomic E-state index is 12.5. The Morgan fingerprint density at radius 1 is 0.957 bits per heavy atom. The summed E-state index contributed by atoms with van der Waals surface area (Å²) in [6.45, 7) is 3.14. The second kappa shape index (κ2) is 9.75. The van der Waals surface area contributed by atoms with Gasteiger partial charge >= 0.3 is 0 Å². The van der Waals surface area contributed by atoms with Crippen molar-refractivity contribution in [1.29, 1.82) is 0 Å². The Labute approximate surface area is 142 Å². The summed E-state index contributed by atoms with van der Waals surface area (Å²) in [7, 11) is 1.95. The first kappa shape index (κ1) is 18.0. The average Bonchev–Trinajstić information content (AvgIpc) is 2.86. The third kappa shape index (κ3) is 5.37. The number of carbonyl (C=O) groups is 1. The molecule has 2 unspecified atom stereocenters. The maximum atomic E-state index is 12.5. The van der Waals surface area contributed by atoms with Crippen LogP contribution in [0.25, 0.3) is 0 Å². The first-order valence-corrected chi connectivity index (χ1v) is 9.54. The van der Waals surface area contributed by atoms with Gasteiger partial charge in [0.1, 0.15) is 0 Å². The molecule has 1 amide bonds. The third-order valence-electron chi connectivity index (χ3n) is 5.25. The van der Waals surface area contributed by atoms with Gasteiger partial charge in [-0.05, 0) is 12.0 Å². The topological polar surface area (TPSA) is 20.3 Å². The highest BCUT2D eigenvalue weighted by molar-refractivity contribution is 5.82. The lowest BCUT2D eigenvalue weighted by atomic mass is 9.85. The van der Waals surface area contributed by atoms with Crippen molar-refractivity contribution in [3.8, 4) is 0 Å². The first-order chi connectivity index (χ1) is 11.2. The molecule has 1 aliphatic heterocycles. The van der Waals surface area contributed by atoms with Crippen LogP contribution < -0.4 is 0 Å². The molecule has 2 nitrogen and oxygen atoms in total. The van der Waals surface area contributed by atoms with E-state index in [1.54, 1.807) is 0 Å². The van der Waals surface area contributed by atoms with Gasteiger partial charge < -0.3 is 4.90 Å². The lowest BCUT2D eigenvalue weighted by molar-refractivity contribution is -0.130. The Morgan fingerprint density at radius 2 is 1.57 bits per heavy atom. The van der Waals surface area contributed by atoms with Gasteiger partial charge in [-0.15, -0.1) is 0 Å². The van der Waals surface area contributed by atoms with Gasteiger partial charge in [0.25, 0.3) is 0 Å².